The van der Waals surface area contributed by atoms with Crippen LogP contribution < -0.4 is 0 Å². The van der Waals surface area contributed by atoms with E-state index in [9.17, 15) is 19.7 Å². The van der Waals surface area contributed by atoms with Crippen LogP contribution in [0, 0.1) is 10.1 Å². The van der Waals surface area contributed by atoms with Gasteiger partial charge in [0.25, 0.3) is 5.69 Å². The number of non-ortho nitro benzene ring substituents is 1. The molecule has 0 amide bonds. The average molecular weight is 348 g/mol. The minimum atomic E-state index is -0.699. The number of carbonyl (C=O) groups excluding carboxylic acids is 2. The summed E-state index contributed by atoms with van der Waals surface area (Å²) in [5.74, 6) is -0.475. The summed E-state index contributed by atoms with van der Waals surface area (Å²) in [4.78, 5) is 34.7. The summed E-state index contributed by atoms with van der Waals surface area (Å²) in [5, 5.41) is 11.5. The van der Waals surface area contributed by atoms with E-state index in [2.05, 4.69) is 0 Å². The maximum atomic E-state index is 12.4. The second-order valence-electron chi connectivity index (χ2n) is 6.45. The lowest BCUT2D eigenvalue weighted by Gasteiger charge is -2.19. The molecule has 2 rings (SSSR count). The lowest BCUT2D eigenvalue weighted by Crippen LogP contribution is -2.26. The molecule has 1 aromatic heterocycles. The molecule has 0 aliphatic heterocycles. The maximum absolute atomic E-state index is 12.4. The Bertz CT molecular complexity index is 832. The van der Waals surface area contributed by atoms with Crippen molar-refractivity contribution in [2.45, 2.75) is 39.7 Å². The molecular formula is C17H20N2O6. The number of rotatable bonds is 4. The first-order valence-corrected chi connectivity index (χ1v) is 7.79. The molecule has 0 fully saturated rings. The number of aromatic nitrogens is 1. The number of hydrogen-bond acceptors (Lipinski definition) is 6. The Balaban J connectivity index is 2.54. The average Bonchev–Trinajstić information content (AvgIpc) is 2.84. The highest BCUT2D eigenvalue weighted by Crippen LogP contribution is 2.27. The van der Waals surface area contributed by atoms with Crippen molar-refractivity contribution in [3.63, 3.8) is 0 Å². The van der Waals surface area contributed by atoms with E-state index in [4.69, 9.17) is 9.47 Å². The van der Waals surface area contributed by atoms with Crippen LogP contribution in [0.4, 0.5) is 10.5 Å². The van der Waals surface area contributed by atoms with Crippen LogP contribution in [-0.4, -0.2) is 33.8 Å². The van der Waals surface area contributed by atoms with Crippen LogP contribution in [0.15, 0.2) is 24.4 Å². The van der Waals surface area contributed by atoms with E-state index in [0.717, 1.165) is 0 Å². The molecule has 0 atom stereocenters. The van der Waals surface area contributed by atoms with Crippen LogP contribution in [0.5, 0.6) is 0 Å². The van der Waals surface area contributed by atoms with Gasteiger partial charge in [0.15, 0.2) is 0 Å². The predicted molar refractivity (Wildman–Crippen MR) is 90.6 cm³/mol. The summed E-state index contributed by atoms with van der Waals surface area (Å²) in [7, 11) is 0. The normalized spacial score (nSPS) is 11.4. The molecule has 1 heterocycles. The summed E-state index contributed by atoms with van der Waals surface area (Å²) in [6.45, 7) is 7.12. The molecule has 134 valence electrons. The van der Waals surface area contributed by atoms with Crippen molar-refractivity contribution in [2.24, 2.45) is 0 Å². The Morgan fingerprint density at radius 2 is 1.96 bits per heavy atom. The fourth-order valence-electron chi connectivity index (χ4n) is 2.37. The van der Waals surface area contributed by atoms with Crippen molar-refractivity contribution in [3.05, 3.63) is 40.1 Å². The van der Waals surface area contributed by atoms with Gasteiger partial charge in [-0.2, -0.15) is 0 Å². The third kappa shape index (κ3) is 4.34. The van der Waals surface area contributed by atoms with Gasteiger partial charge in [0.1, 0.15) is 5.60 Å². The van der Waals surface area contributed by atoms with Crippen LogP contribution >= 0.6 is 0 Å². The maximum Gasteiger partial charge on any atom is 0.419 e. The largest absolute Gasteiger partial charge is 0.466 e. The molecule has 0 saturated carbocycles. The van der Waals surface area contributed by atoms with Crippen LogP contribution in [0.1, 0.15) is 33.3 Å². The molecule has 0 N–H and O–H groups in total. The monoisotopic (exact) mass is 348 g/mol. The summed E-state index contributed by atoms with van der Waals surface area (Å²) in [5.41, 5.74) is 0.0668. The number of hydrogen-bond donors (Lipinski definition) is 0. The number of carbonyl (C=O) groups is 2. The molecule has 2 aromatic rings. The molecule has 25 heavy (non-hydrogen) atoms. The third-order valence-corrected chi connectivity index (χ3v) is 3.31. The second-order valence-corrected chi connectivity index (χ2v) is 6.45. The fourth-order valence-corrected chi connectivity index (χ4v) is 2.37. The third-order valence-electron chi connectivity index (χ3n) is 3.31. The van der Waals surface area contributed by atoms with Gasteiger partial charge in [-0.05, 0) is 39.3 Å². The molecule has 8 heteroatoms. The topological polar surface area (TPSA) is 101 Å². The minimum absolute atomic E-state index is 0.0959. The number of fused-ring (bicyclic) bond motifs is 1. The van der Waals surface area contributed by atoms with Gasteiger partial charge in [-0.25, -0.2) is 4.79 Å². The summed E-state index contributed by atoms with van der Waals surface area (Å²) >= 11 is 0. The number of ether oxygens (including phenoxy) is 2. The standard InChI is InChI=1S/C17H20N2O6/c1-5-24-15(20)8-11-10-18(16(21)25-17(2,3)4)14-7-6-12(19(22)23)9-13(11)14/h6-7,9-10H,5,8H2,1-4H3. The summed E-state index contributed by atoms with van der Waals surface area (Å²) in [6, 6.07) is 4.11. The molecular weight excluding hydrogens is 328 g/mol. The van der Waals surface area contributed by atoms with Crippen LogP contribution in [0.3, 0.4) is 0 Å². The molecule has 0 radical (unpaired) electrons. The Hall–Kier alpha value is -2.90. The molecule has 8 nitrogen and oxygen atoms in total. The molecule has 0 aliphatic carbocycles. The zero-order chi connectivity index (χ0) is 18.8. The number of nitro groups is 1. The van der Waals surface area contributed by atoms with E-state index in [0.29, 0.717) is 16.5 Å². The van der Waals surface area contributed by atoms with Crippen LogP contribution in [-0.2, 0) is 20.7 Å². The van der Waals surface area contributed by atoms with Crippen molar-refractivity contribution in [3.8, 4) is 0 Å². The number of esters is 1. The van der Waals surface area contributed by atoms with Crippen molar-refractivity contribution >= 4 is 28.7 Å². The first kappa shape index (κ1) is 18.4. The van der Waals surface area contributed by atoms with Crippen molar-refractivity contribution in [1.82, 2.24) is 4.57 Å². The second kappa shape index (κ2) is 6.92. The summed E-state index contributed by atoms with van der Waals surface area (Å²) in [6.07, 6.45) is 0.738. The molecule has 1 aromatic carbocycles. The Morgan fingerprint density at radius 1 is 1.28 bits per heavy atom. The number of benzene rings is 1. The smallest absolute Gasteiger partial charge is 0.419 e. The molecule has 0 unspecified atom stereocenters. The lowest BCUT2D eigenvalue weighted by molar-refractivity contribution is -0.384. The molecule has 0 aliphatic rings. The van der Waals surface area contributed by atoms with E-state index in [-0.39, 0.29) is 18.7 Å². The highest BCUT2D eigenvalue weighted by atomic mass is 16.6. The van der Waals surface area contributed by atoms with Gasteiger partial charge in [-0.15, -0.1) is 0 Å². The fraction of sp³-hybridized carbons (Fsp3) is 0.412. The van der Waals surface area contributed by atoms with Gasteiger partial charge in [0.05, 0.1) is 23.5 Å². The molecule has 0 bridgehead atoms. The quantitative estimate of drug-likeness (QED) is 0.476. The van der Waals surface area contributed by atoms with Gasteiger partial charge in [-0.3, -0.25) is 19.5 Å². The van der Waals surface area contributed by atoms with Gasteiger partial charge >= 0.3 is 12.1 Å². The van der Waals surface area contributed by atoms with E-state index in [1.807, 2.05) is 0 Å². The lowest BCUT2D eigenvalue weighted by atomic mass is 10.1. The SMILES string of the molecule is CCOC(=O)Cc1cn(C(=O)OC(C)(C)C)c2ccc([N+](=O)[O-])cc12. The Morgan fingerprint density at radius 3 is 2.52 bits per heavy atom. The van der Waals surface area contributed by atoms with E-state index in [1.165, 1.54) is 29.0 Å². The number of nitro benzene ring substituents is 1. The van der Waals surface area contributed by atoms with Gasteiger partial charge in [0.2, 0.25) is 0 Å². The van der Waals surface area contributed by atoms with Gasteiger partial charge in [-0.1, -0.05) is 0 Å². The van der Waals surface area contributed by atoms with E-state index < -0.39 is 22.6 Å². The zero-order valence-corrected chi connectivity index (χ0v) is 14.6. The van der Waals surface area contributed by atoms with Gasteiger partial charge in [0, 0.05) is 23.7 Å². The van der Waals surface area contributed by atoms with Crippen LogP contribution in [0.25, 0.3) is 10.9 Å². The van der Waals surface area contributed by atoms with Gasteiger partial charge < -0.3 is 9.47 Å². The highest BCUT2D eigenvalue weighted by Gasteiger charge is 2.23. The highest BCUT2D eigenvalue weighted by molar-refractivity contribution is 5.95. The molecule has 0 saturated heterocycles. The first-order chi connectivity index (χ1) is 11.6. The van der Waals surface area contributed by atoms with Crippen LogP contribution in [0.2, 0.25) is 0 Å². The number of nitrogens with zero attached hydrogens (tertiary/aromatic N) is 2. The zero-order valence-electron chi connectivity index (χ0n) is 14.6. The van der Waals surface area contributed by atoms with Crippen molar-refractivity contribution in [1.29, 1.82) is 0 Å². The Kier molecular flexibility index (Phi) is 5.10. The Labute approximate surface area is 144 Å². The summed E-state index contributed by atoms with van der Waals surface area (Å²) < 4.78 is 11.5. The molecule has 0 spiro atoms. The van der Waals surface area contributed by atoms with E-state index in [1.54, 1.807) is 27.7 Å². The predicted octanol–water partition coefficient (Wildman–Crippen LogP) is 3.44. The van der Waals surface area contributed by atoms with E-state index >= 15 is 0 Å². The first-order valence-electron chi connectivity index (χ1n) is 7.79. The van der Waals surface area contributed by atoms with Crippen molar-refractivity contribution in [2.75, 3.05) is 6.61 Å². The van der Waals surface area contributed by atoms with Crippen molar-refractivity contribution < 1.29 is 24.0 Å². The minimum Gasteiger partial charge on any atom is -0.466 e.